The Morgan fingerprint density at radius 2 is 2.11 bits per heavy atom. The Labute approximate surface area is 107 Å². The maximum atomic E-state index is 5.63. The summed E-state index contributed by atoms with van der Waals surface area (Å²) in [5, 5.41) is 3.51. The van der Waals surface area contributed by atoms with Gasteiger partial charge in [0, 0.05) is 5.56 Å². The normalized spacial score (nSPS) is 10.3. The summed E-state index contributed by atoms with van der Waals surface area (Å²) in [4.78, 5) is 0. The van der Waals surface area contributed by atoms with Crippen molar-refractivity contribution < 1.29 is 9.47 Å². The number of nitrogens with two attached hydrogens (primary N) is 1. The molecule has 0 fully saturated rings. The predicted octanol–water partition coefficient (Wildman–Crippen LogP) is 2.28. The van der Waals surface area contributed by atoms with Crippen molar-refractivity contribution in [1.82, 2.24) is 0 Å². The molecule has 2 N–H and O–H groups in total. The van der Waals surface area contributed by atoms with E-state index in [0.29, 0.717) is 24.5 Å². The van der Waals surface area contributed by atoms with Crippen LogP contribution in [0.15, 0.2) is 42.5 Å². The molecule has 1 aromatic carbocycles. The van der Waals surface area contributed by atoms with Gasteiger partial charge < -0.3 is 15.3 Å². The molecule has 0 aliphatic carbocycles. The number of rotatable bonds is 7. The maximum Gasteiger partial charge on any atom is 0.165 e. The minimum absolute atomic E-state index is 0.421. The lowest BCUT2D eigenvalue weighted by atomic mass is 10.1. The van der Waals surface area contributed by atoms with Crippen LogP contribution in [0, 0.1) is 0 Å². The third-order valence-corrected chi connectivity index (χ3v) is 2.31. The molecule has 0 saturated carbocycles. The molecule has 0 atom stereocenters. The number of allylic oxidation sites excluding steroid dienone is 1. The van der Waals surface area contributed by atoms with Gasteiger partial charge in [0.2, 0.25) is 0 Å². The third-order valence-electron chi connectivity index (χ3n) is 2.31. The molecule has 1 aromatic rings. The molecule has 1 rings (SSSR count). The number of hydrogen-bond donors (Lipinski definition) is 1. The van der Waals surface area contributed by atoms with Crippen molar-refractivity contribution in [2.75, 3.05) is 13.7 Å². The van der Waals surface area contributed by atoms with Gasteiger partial charge in [0.05, 0.1) is 13.3 Å². The summed E-state index contributed by atoms with van der Waals surface area (Å²) >= 11 is 0. The topological polar surface area (TPSA) is 56.8 Å². The number of hydrogen-bond acceptors (Lipinski definition) is 4. The van der Waals surface area contributed by atoms with Crippen LogP contribution in [-0.2, 0) is 6.42 Å². The smallest absolute Gasteiger partial charge is 0.165 e. The summed E-state index contributed by atoms with van der Waals surface area (Å²) in [5.41, 5.74) is 1.83. The van der Waals surface area contributed by atoms with Crippen molar-refractivity contribution in [2.45, 2.75) is 6.42 Å². The standard InChI is InChI=1S/C14H18N2O2/c1-4-6-12-8-11(10-16-15)9-13(17-3)14(12)18-7-5-2/h4-5,8-10H,1-2,6-7,15H2,3H3. The van der Waals surface area contributed by atoms with Crippen LogP contribution < -0.4 is 15.3 Å². The molecule has 0 amide bonds. The van der Waals surface area contributed by atoms with Crippen molar-refractivity contribution in [3.05, 3.63) is 48.6 Å². The van der Waals surface area contributed by atoms with Crippen molar-refractivity contribution in [2.24, 2.45) is 10.9 Å². The Bertz CT molecular complexity index is 453. The number of hydrazone groups is 1. The Hall–Kier alpha value is -2.23. The van der Waals surface area contributed by atoms with E-state index in [-0.39, 0.29) is 0 Å². The molecule has 96 valence electrons. The van der Waals surface area contributed by atoms with Crippen LogP contribution in [0.4, 0.5) is 0 Å². The molecule has 0 saturated heterocycles. The number of benzene rings is 1. The second-order valence-corrected chi connectivity index (χ2v) is 3.58. The highest BCUT2D eigenvalue weighted by Gasteiger charge is 2.11. The maximum absolute atomic E-state index is 5.63. The highest BCUT2D eigenvalue weighted by Crippen LogP contribution is 2.33. The van der Waals surface area contributed by atoms with Crippen LogP contribution in [0.3, 0.4) is 0 Å². The fraction of sp³-hybridized carbons (Fsp3) is 0.214. The average molecular weight is 246 g/mol. The number of nitrogens with zero attached hydrogens (tertiary/aromatic N) is 1. The van der Waals surface area contributed by atoms with Gasteiger partial charge in [-0.2, -0.15) is 5.10 Å². The Morgan fingerprint density at radius 3 is 2.67 bits per heavy atom. The van der Waals surface area contributed by atoms with Gasteiger partial charge in [-0.15, -0.1) is 6.58 Å². The molecular formula is C14H18N2O2. The molecule has 4 nitrogen and oxygen atoms in total. The molecule has 18 heavy (non-hydrogen) atoms. The van der Waals surface area contributed by atoms with Gasteiger partial charge in [-0.1, -0.05) is 18.7 Å². The molecule has 0 aromatic heterocycles. The predicted molar refractivity (Wildman–Crippen MR) is 74.4 cm³/mol. The molecule has 0 unspecified atom stereocenters. The van der Waals surface area contributed by atoms with Gasteiger partial charge in [0.15, 0.2) is 11.5 Å². The lowest BCUT2D eigenvalue weighted by Crippen LogP contribution is -2.02. The minimum atomic E-state index is 0.421. The molecule has 0 spiro atoms. The van der Waals surface area contributed by atoms with E-state index in [4.69, 9.17) is 15.3 Å². The van der Waals surface area contributed by atoms with Gasteiger partial charge in [0.1, 0.15) is 6.61 Å². The number of methoxy groups -OCH3 is 1. The summed E-state index contributed by atoms with van der Waals surface area (Å²) in [6.45, 7) is 7.79. The van der Waals surface area contributed by atoms with Crippen molar-refractivity contribution in [3.8, 4) is 11.5 Å². The number of ether oxygens (including phenoxy) is 2. The van der Waals surface area contributed by atoms with Gasteiger partial charge in [-0.05, 0) is 24.1 Å². The summed E-state index contributed by atoms with van der Waals surface area (Å²) in [5.74, 6) is 6.50. The SMILES string of the molecule is C=CCOc1c(CC=C)cc(C=NN)cc1OC. The molecule has 0 bridgehead atoms. The molecule has 0 aliphatic rings. The monoisotopic (exact) mass is 246 g/mol. The van der Waals surface area contributed by atoms with E-state index >= 15 is 0 Å². The zero-order valence-corrected chi connectivity index (χ0v) is 10.6. The lowest BCUT2D eigenvalue weighted by Gasteiger charge is -2.14. The van der Waals surface area contributed by atoms with Crippen molar-refractivity contribution in [3.63, 3.8) is 0 Å². The first-order valence-electron chi connectivity index (χ1n) is 5.55. The van der Waals surface area contributed by atoms with E-state index in [1.54, 1.807) is 25.5 Å². The van der Waals surface area contributed by atoms with E-state index in [1.807, 2.05) is 12.1 Å². The highest BCUT2D eigenvalue weighted by molar-refractivity contribution is 5.81. The summed E-state index contributed by atoms with van der Waals surface area (Å²) < 4.78 is 10.9. The molecular weight excluding hydrogens is 228 g/mol. The van der Waals surface area contributed by atoms with E-state index in [9.17, 15) is 0 Å². The van der Waals surface area contributed by atoms with E-state index in [1.165, 1.54) is 0 Å². The first-order valence-corrected chi connectivity index (χ1v) is 5.55. The minimum Gasteiger partial charge on any atom is -0.493 e. The van der Waals surface area contributed by atoms with Crippen LogP contribution >= 0.6 is 0 Å². The molecule has 4 heteroatoms. The summed E-state index contributed by atoms with van der Waals surface area (Å²) in [7, 11) is 1.59. The fourth-order valence-corrected chi connectivity index (χ4v) is 1.61. The molecule has 0 radical (unpaired) electrons. The van der Waals surface area contributed by atoms with E-state index in [2.05, 4.69) is 18.3 Å². The molecule has 0 heterocycles. The zero-order valence-electron chi connectivity index (χ0n) is 10.6. The lowest BCUT2D eigenvalue weighted by molar-refractivity contribution is 0.323. The Kier molecular flexibility index (Phi) is 5.51. The van der Waals surface area contributed by atoms with Crippen molar-refractivity contribution >= 4 is 6.21 Å². The first-order chi connectivity index (χ1) is 8.76. The van der Waals surface area contributed by atoms with Crippen molar-refractivity contribution in [1.29, 1.82) is 0 Å². The zero-order chi connectivity index (χ0) is 13.4. The fourth-order valence-electron chi connectivity index (χ4n) is 1.61. The van der Waals surface area contributed by atoms with Gasteiger partial charge in [-0.3, -0.25) is 0 Å². The van der Waals surface area contributed by atoms with Gasteiger partial charge in [-0.25, -0.2) is 0 Å². The van der Waals surface area contributed by atoms with Crippen LogP contribution in [0.1, 0.15) is 11.1 Å². The first kappa shape index (κ1) is 13.8. The average Bonchev–Trinajstić information content (AvgIpc) is 2.37. The Morgan fingerprint density at radius 1 is 1.33 bits per heavy atom. The van der Waals surface area contributed by atoms with Gasteiger partial charge in [0.25, 0.3) is 0 Å². The summed E-state index contributed by atoms with van der Waals surface area (Å²) in [6.07, 6.45) is 5.73. The van der Waals surface area contributed by atoms with E-state index in [0.717, 1.165) is 11.1 Å². The second kappa shape index (κ2) is 7.17. The van der Waals surface area contributed by atoms with Crippen LogP contribution in [-0.4, -0.2) is 19.9 Å². The largest absolute Gasteiger partial charge is 0.493 e. The van der Waals surface area contributed by atoms with Crippen LogP contribution in [0.25, 0.3) is 0 Å². The third kappa shape index (κ3) is 3.38. The highest BCUT2D eigenvalue weighted by atomic mass is 16.5. The van der Waals surface area contributed by atoms with Gasteiger partial charge >= 0.3 is 0 Å². The van der Waals surface area contributed by atoms with Crippen LogP contribution in [0.2, 0.25) is 0 Å². The van der Waals surface area contributed by atoms with E-state index < -0.39 is 0 Å². The van der Waals surface area contributed by atoms with Crippen LogP contribution in [0.5, 0.6) is 11.5 Å². The Balaban J connectivity index is 3.25. The second-order valence-electron chi connectivity index (χ2n) is 3.58. The quantitative estimate of drug-likeness (QED) is 0.347. The summed E-state index contributed by atoms with van der Waals surface area (Å²) in [6, 6.07) is 3.76. The molecule has 0 aliphatic heterocycles.